The molecular formula is C14H23NO5. The van der Waals surface area contributed by atoms with E-state index >= 15 is 0 Å². The van der Waals surface area contributed by atoms with E-state index in [9.17, 15) is 4.79 Å². The van der Waals surface area contributed by atoms with Gasteiger partial charge in [-0.15, -0.1) is 0 Å². The van der Waals surface area contributed by atoms with E-state index in [0.717, 1.165) is 12.8 Å². The fraction of sp³-hybridized carbons (Fsp3) is 0.929. The molecule has 2 aliphatic heterocycles. The van der Waals surface area contributed by atoms with E-state index < -0.39 is 28.6 Å². The zero-order valence-corrected chi connectivity index (χ0v) is 12.5. The Bertz CT molecular complexity index is 449. The van der Waals surface area contributed by atoms with Gasteiger partial charge in [0.2, 0.25) is 6.29 Å². The van der Waals surface area contributed by atoms with Crippen molar-refractivity contribution >= 4 is 5.97 Å². The Labute approximate surface area is 118 Å². The maximum atomic E-state index is 12.4. The smallest absolute Gasteiger partial charge is 0.315 e. The molecule has 1 spiro atoms. The zero-order valence-electron chi connectivity index (χ0n) is 12.5. The van der Waals surface area contributed by atoms with Gasteiger partial charge in [0, 0.05) is 0 Å². The first-order valence-electron chi connectivity index (χ1n) is 7.19. The Morgan fingerprint density at radius 1 is 1.10 bits per heavy atom. The average Bonchev–Trinajstić information content (AvgIpc) is 2.34. The van der Waals surface area contributed by atoms with Gasteiger partial charge < -0.3 is 15.2 Å². The van der Waals surface area contributed by atoms with E-state index in [1.807, 2.05) is 13.8 Å². The molecule has 0 aromatic rings. The Morgan fingerprint density at radius 2 is 1.75 bits per heavy atom. The molecule has 1 saturated carbocycles. The Balaban J connectivity index is 2.08. The van der Waals surface area contributed by atoms with Gasteiger partial charge in [0.15, 0.2) is 11.4 Å². The molecule has 2 N–H and O–H groups in total. The lowest BCUT2D eigenvalue weighted by Crippen LogP contribution is -2.82. The van der Waals surface area contributed by atoms with Crippen LogP contribution in [-0.2, 0) is 24.0 Å². The number of carbonyl (C=O) groups excluding carboxylic acids is 1. The number of ether oxygens (including phenoxy) is 2. The molecule has 2 saturated heterocycles. The van der Waals surface area contributed by atoms with Crippen molar-refractivity contribution in [3.63, 3.8) is 0 Å². The Kier molecular flexibility index (Phi) is 2.81. The molecule has 0 amide bonds. The van der Waals surface area contributed by atoms with Gasteiger partial charge in [-0.2, -0.15) is 0 Å². The van der Waals surface area contributed by atoms with Crippen LogP contribution in [0.1, 0.15) is 53.4 Å². The second-order valence-corrected chi connectivity index (χ2v) is 7.11. The summed E-state index contributed by atoms with van der Waals surface area (Å²) >= 11 is 0. The quantitative estimate of drug-likeness (QED) is 0.538. The van der Waals surface area contributed by atoms with Crippen LogP contribution in [0.5, 0.6) is 0 Å². The van der Waals surface area contributed by atoms with E-state index in [1.54, 1.807) is 13.8 Å². The first kappa shape index (κ1) is 14.3. The van der Waals surface area contributed by atoms with Gasteiger partial charge in [-0.3, -0.25) is 4.79 Å². The summed E-state index contributed by atoms with van der Waals surface area (Å²) in [7, 11) is 0. The number of carbonyl (C=O) groups is 1. The van der Waals surface area contributed by atoms with Gasteiger partial charge in [-0.1, -0.05) is 12.8 Å². The SMILES string of the molecule is CC1(C)OOC23CCCCC2(N)C(C)(C)C(=O)OC3O1. The van der Waals surface area contributed by atoms with Crippen molar-refractivity contribution in [1.29, 1.82) is 0 Å². The van der Waals surface area contributed by atoms with E-state index in [-0.39, 0.29) is 5.97 Å². The molecule has 0 aromatic heterocycles. The summed E-state index contributed by atoms with van der Waals surface area (Å²) in [5, 5.41) is 0. The van der Waals surface area contributed by atoms with Crippen molar-refractivity contribution in [2.75, 3.05) is 0 Å². The first-order valence-corrected chi connectivity index (χ1v) is 7.19. The van der Waals surface area contributed by atoms with Crippen LogP contribution in [0.3, 0.4) is 0 Å². The van der Waals surface area contributed by atoms with Gasteiger partial charge in [0.1, 0.15) is 0 Å². The predicted octanol–water partition coefficient (Wildman–Crippen LogP) is 1.62. The summed E-state index contributed by atoms with van der Waals surface area (Å²) in [6, 6.07) is 0. The van der Waals surface area contributed by atoms with Crippen molar-refractivity contribution in [3.8, 4) is 0 Å². The fourth-order valence-electron chi connectivity index (χ4n) is 3.64. The Morgan fingerprint density at radius 3 is 2.45 bits per heavy atom. The average molecular weight is 285 g/mol. The summed E-state index contributed by atoms with van der Waals surface area (Å²) in [6.45, 7) is 7.05. The number of nitrogens with two attached hydrogens (primary N) is 1. The highest BCUT2D eigenvalue weighted by molar-refractivity contribution is 5.80. The molecule has 6 heteroatoms. The molecule has 3 unspecified atom stereocenters. The third kappa shape index (κ3) is 1.56. The molecule has 1 aliphatic carbocycles. The lowest BCUT2D eigenvalue weighted by Gasteiger charge is -2.63. The molecular weight excluding hydrogens is 262 g/mol. The standard InChI is InChI=1S/C14H23NO5/c1-11(2)9(16)17-10-13(20-19-12(3,4)18-10)7-5-6-8-14(11,13)15/h10H,5-8,15H2,1-4H3. The number of rotatable bonds is 0. The zero-order chi connectivity index (χ0) is 14.8. The third-order valence-electron chi connectivity index (χ3n) is 5.13. The first-order chi connectivity index (χ1) is 9.15. The summed E-state index contributed by atoms with van der Waals surface area (Å²) < 4.78 is 11.3. The molecule has 3 fully saturated rings. The van der Waals surface area contributed by atoms with Gasteiger partial charge in [0.25, 0.3) is 0 Å². The van der Waals surface area contributed by atoms with Crippen LogP contribution in [0.15, 0.2) is 0 Å². The maximum absolute atomic E-state index is 12.4. The summed E-state index contributed by atoms with van der Waals surface area (Å²) in [6.07, 6.45) is 2.40. The highest BCUT2D eigenvalue weighted by Gasteiger charge is 2.73. The van der Waals surface area contributed by atoms with Crippen molar-refractivity contribution in [2.45, 2.75) is 76.6 Å². The summed E-state index contributed by atoms with van der Waals surface area (Å²) in [5.41, 5.74) is 4.03. The molecule has 3 rings (SSSR count). The van der Waals surface area contributed by atoms with Crippen LogP contribution in [0.25, 0.3) is 0 Å². The molecule has 2 heterocycles. The number of hydrogen-bond donors (Lipinski definition) is 1. The Hall–Kier alpha value is -0.690. The lowest BCUT2D eigenvalue weighted by atomic mass is 9.55. The molecule has 0 aromatic carbocycles. The maximum Gasteiger partial charge on any atom is 0.315 e. The molecule has 114 valence electrons. The fourth-order valence-corrected chi connectivity index (χ4v) is 3.64. The molecule has 3 aliphatic rings. The van der Waals surface area contributed by atoms with Crippen LogP contribution >= 0.6 is 0 Å². The van der Waals surface area contributed by atoms with E-state index in [2.05, 4.69) is 0 Å². The van der Waals surface area contributed by atoms with Gasteiger partial charge in [-0.05, 0) is 40.5 Å². The van der Waals surface area contributed by atoms with Crippen molar-refractivity contribution in [1.82, 2.24) is 0 Å². The van der Waals surface area contributed by atoms with E-state index in [1.165, 1.54) is 0 Å². The van der Waals surface area contributed by atoms with Gasteiger partial charge in [-0.25, -0.2) is 9.78 Å². The lowest BCUT2D eigenvalue weighted by molar-refractivity contribution is -0.560. The minimum Gasteiger partial charge on any atom is -0.432 e. The summed E-state index contributed by atoms with van der Waals surface area (Å²) in [4.78, 5) is 23.5. The van der Waals surface area contributed by atoms with Gasteiger partial charge >= 0.3 is 5.97 Å². The topological polar surface area (TPSA) is 80.0 Å². The van der Waals surface area contributed by atoms with E-state index in [0.29, 0.717) is 12.8 Å². The van der Waals surface area contributed by atoms with E-state index in [4.69, 9.17) is 25.0 Å². The monoisotopic (exact) mass is 285 g/mol. The van der Waals surface area contributed by atoms with Crippen LogP contribution in [0.2, 0.25) is 0 Å². The van der Waals surface area contributed by atoms with Crippen molar-refractivity contribution in [2.24, 2.45) is 11.1 Å². The van der Waals surface area contributed by atoms with Crippen molar-refractivity contribution < 1.29 is 24.0 Å². The minimum atomic E-state index is -0.962. The summed E-state index contributed by atoms with van der Waals surface area (Å²) in [5.74, 6) is -1.31. The predicted molar refractivity (Wildman–Crippen MR) is 69.1 cm³/mol. The highest BCUT2D eigenvalue weighted by Crippen LogP contribution is 2.56. The molecule has 20 heavy (non-hydrogen) atoms. The largest absolute Gasteiger partial charge is 0.432 e. The van der Waals surface area contributed by atoms with Gasteiger partial charge in [0.05, 0.1) is 11.0 Å². The highest BCUT2D eigenvalue weighted by atomic mass is 17.3. The number of hydrogen-bond acceptors (Lipinski definition) is 6. The molecule has 6 nitrogen and oxygen atoms in total. The molecule has 0 radical (unpaired) electrons. The van der Waals surface area contributed by atoms with Crippen LogP contribution < -0.4 is 5.73 Å². The number of esters is 1. The second-order valence-electron chi connectivity index (χ2n) is 7.11. The third-order valence-corrected chi connectivity index (χ3v) is 5.13. The second kappa shape index (κ2) is 3.94. The normalized spacial score (nSPS) is 46.0. The minimum absolute atomic E-state index is 0.344. The van der Waals surface area contributed by atoms with Crippen LogP contribution in [0, 0.1) is 5.41 Å². The molecule has 3 atom stereocenters. The van der Waals surface area contributed by atoms with Crippen LogP contribution in [0.4, 0.5) is 0 Å². The molecule has 0 bridgehead atoms. The van der Waals surface area contributed by atoms with Crippen molar-refractivity contribution in [3.05, 3.63) is 0 Å². The van der Waals surface area contributed by atoms with Crippen LogP contribution in [-0.4, -0.2) is 29.2 Å².